The van der Waals surface area contributed by atoms with E-state index < -0.39 is 17.7 Å². The molecule has 0 saturated carbocycles. The van der Waals surface area contributed by atoms with Crippen LogP contribution in [0, 0.1) is 5.82 Å². The Morgan fingerprint density at radius 3 is 2.82 bits per heavy atom. The Hall–Kier alpha value is -3.47. The van der Waals surface area contributed by atoms with Gasteiger partial charge in [0.25, 0.3) is 0 Å². The van der Waals surface area contributed by atoms with Gasteiger partial charge in [-0.15, -0.1) is 22.7 Å². The highest BCUT2D eigenvalue weighted by atomic mass is 32.1. The number of halogens is 1. The maximum atomic E-state index is 13.4. The van der Waals surface area contributed by atoms with E-state index in [4.69, 9.17) is 9.72 Å². The number of carbonyl (C=O) groups is 2. The van der Waals surface area contributed by atoms with Crippen LogP contribution in [0.5, 0.6) is 0 Å². The van der Waals surface area contributed by atoms with Crippen molar-refractivity contribution in [3.63, 3.8) is 0 Å². The van der Waals surface area contributed by atoms with Crippen molar-refractivity contribution in [1.82, 2.24) is 14.9 Å². The minimum atomic E-state index is -0.560. The van der Waals surface area contributed by atoms with Gasteiger partial charge in [0.2, 0.25) is 5.91 Å². The summed E-state index contributed by atoms with van der Waals surface area (Å²) in [5, 5.41) is 6.36. The van der Waals surface area contributed by atoms with Gasteiger partial charge in [0.05, 0.1) is 25.0 Å². The number of hydrogen-bond donors (Lipinski definition) is 1. The molecule has 0 aliphatic heterocycles. The molecule has 1 aromatic carbocycles. The monoisotopic (exact) mass is 496 g/mol. The number of nitrogens with one attached hydrogen (secondary N) is 1. The zero-order chi connectivity index (χ0) is 24.1. The molecule has 34 heavy (non-hydrogen) atoms. The summed E-state index contributed by atoms with van der Waals surface area (Å²) in [6.07, 6.45) is 4.56. The minimum Gasteiger partial charge on any atom is -0.465 e. The van der Waals surface area contributed by atoms with E-state index in [2.05, 4.69) is 15.2 Å². The van der Waals surface area contributed by atoms with Crippen molar-refractivity contribution in [2.24, 2.45) is 0 Å². The molecule has 0 unspecified atom stereocenters. The van der Waals surface area contributed by atoms with Gasteiger partial charge < -0.3 is 10.1 Å². The van der Waals surface area contributed by atoms with Crippen LogP contribution in [0.15, 0.2) is 54.1 Å². The highest BCUT2D eigenvalue weighted by Crippen LogP contribution is 2.35. The van der Waals surface area contributed by atoms with Crippen LogP contribution in [0.2, 0.25) is 0 Å². The van der Waals surface area contributed by atoms with Gasteiger partial charge in [-0.3, -0.25) is 9.69 Å². The van der Waals surface area contributed by atoms with Gasteiger partial charge in [0, 0.05) is 29.6 Å². The predicted octanol–water partition coefficient (Wildman–Crippen LogP) is 4.96. The van der Waals surface area contributed by atoms with Gasteiger partial charge in [-0.2, -0.15) is 0 Å². The van der Waals surface area contributed by atoms with Crippen LogP contribution in [-0.4, -0.2) is 40.9 Å². The first-order valence-electron chi connectivity index (χ1n) is 10.2. The average molecular weight is 497 g/mol. The number of anilines is 1. The molecule has 7 nitrogen and oxygen atoms in total. The number of amides is 1. The van der Waals surface area contributed by atoms with Crippen LogP contribution in [0.1, 0.15) is 25.9 Å². The molecule has 0 bridgehead atoms. The second-order valence-corrected chi connectivity index (χ2v) is 9.41. The number of benzene rings is 1. The summed E-state index contributed by atoms with van der Waals surface area (Å²) in [6, 6.07) is 9.60. The van der Waals surface area contributed by atoms with E-state index in [1.807, 2.05) is 24.6 Å². The Labute approximate surface area is 203 Å². The minimum absolute atomic E-state index is 0.255. The topological polar surface area (TPSA) is 84.4 Å². The lowest BCUT2D eigenvalue weighted by molar-refractivity contribution is -0.111. The zero-order valence-electron chi connectivity index (χ0n) is 18.4. The number of thiophene rings is 1. The van der Waals surface area contributed by atoms with Crippen molar-refractivity contribution in [1.29, 1.82) is 0 Å². The Bertz CT molecular complexity index is 1350. The molecule has 0 atom stereocenters. The van der Waals surface area contributed by atoms with Crippen molar-refractivity contribution in [2.75, 3.05) is 19.5 Å². The normalized spacial score (nSPS) is 11.4. The lowest BCUT2D eigenvalue weighted by atomic mass is 10.2. The number of rotatable bonds is 8. The molecule has 10 heteroatoms. The Morgan fingerprint density at radius 1 is 1.24 bits per heavy atom. The second-order valence-electron chi connectivity index (χ2n) is 7.43. The first kappa shape index (κ1) is 23.7. The molecular formula is C24H21FN4O3S2. The van der Waals surface area contributed by atoms with Gasteiger partial charge in [-0.05, 0) is 43.0 Å². The fourth-order valence-electron chi connectivity index (χ4n) is 3.31. The van der Waals surface area contributed by atoms with Crippen LogP contribution < -0.4 is 5.32 Å². The molecule has 0 aliphatic rings. The zero-order valence-corrected chi connectivity index (χ0v) is 20.1. The third-order valence-electron chi connectivity index (χ3n) is 4.83. The average Bonchev–Trinajstić information content (AvgIpc) is 3.45. The standard InChI is InChI=1S/C24H21FN4O3S2/c1-29(14-20-26-10-11-33-20)13-17-7-8-18-21(22(24(31)32-2)34-23(18)27-17)28-19(30)9-6-15-4-3-5-16(25)12-15/h3-12H,13-14H2,1-2H3,(H,28,30). The number of ether oxygens (including phenoxy) is 1. The van der Waals surface area contributed by atoms with Gasteiger partial charge in [0.1, 0.15) is 20.5 Å². The Kier molecular flexibility index (Phi) is 7.41. The number of nitrogens with zero attached hydrogens (tertiary/aromatic N) is 3. The van der Waals surface area contributed by atoms with E-state index in [0.29, 0.717) is 34.6 Å². The Balaban J connectivity index is 1.56. The molecule has 0 fully saturated rings. The Morgan fingerprint density at radius 2 is 2.09 bits per heavy atom. The molecule has 0 spiro atoms. The molecule has 0 aliphatic carbocycles. The highest BCUT2D eigenvalue weighted by Gasteiger charge is 2.21. The van der Waals surface area contributed by atoms with Crippen molar-refractivity contribution in [2.45, 2.75) is 13.1 Å². The summed E-state index contributed by atoms with van der Waals surface area (Å²) in [6.45, 7) is 1.30. The summed E-state index contributed by atoms with van der Waals surface area (Å²) in [7, 11) is 3.27. The molecule has 0 saturated heterocycles. The maximum Gasteiger partial charge on any atom is 0.350 e. The lowest BCUT2D eigenvalue weighted by Crippen LogP contribution is -2.17. The molecule has 4 rings (SSSR count). The molecule has 4 aromatic rings. The molecule has 1 N–H and O–H groups in total. The lowest BCUT2D eigenvalue weighted by Gasteiger charge is -2.14. The molecular weight excluding hydrogens is 475 g/mol. The molecule has 0 radical (unpaired) electrons. The number of pyridine rings is 1. The highest BCUT2D eigenvalue weighted by molar-refractivity contribution is 7.21. The quantitative estimate of drug-likeness (QED) is 0.274. The van der Waals surface area contributed by atoms with E-state index in [-0.39, 0.29) is 4.88 Å². The number of carbonyl (C=O) groups excluding carboxylic acids is 2. The number of hydrogen-bond acceptors (Lipinski definition) is 8. The van der Waals surface area contributed by atoms with Crippen LogP contribution in [-0.2, 0) is 22.6 Å². The van der Waals surface area contributed by atoms with Gasteiger partial charge in [-0.25, -0.2) is 19.2 Å². The third-order valence-corrected chi connectivity index (χ3v) is 6.67. The largest absolute Gasteiger partial charge is 0.465 e. The van der Waals surface area contributed by atoms with E-state index >= 15 is 0 Å². The summed E-state index contributed by atoms with van der Waals surface area (Å²) in [5.41, 5.74) is 1.72. The second kappa shape index (κ2) is 10.6. The van der Waals surface area contributed by atoms with Crippen molar-refractivity contribution >= 4 is 56.5 Å². The summed E-state index contributed by atoms with van der Waals surface area (Å²) in [4.78, 5) is 36.9. The van der Waals surface area contributed by atoms with E-state index in [9.17, 15) is 14.0 Å². The fourth-order valence-corrected chi connectivity index (χ4v) is 5.07. The SMILES string of the molecule is COC(=O)c1sc2nc(CN(C)Cc3nccs3)ccc2c1NC(=O)C=Cc1cccc(F)c1. The number of thiazole rings is 1. The van der Waals surface area contributed by atoms with Crippen molar-refractivity contribution in [3.8, 4) is 0 Å². The number of esters is 1. The summed E-state index contributed by atoms with van der Waals surface area (Å²) < 4.78 is 18.3. The maximum absolute atomic E-state index is 13.4. The number of methoxy groups -OCH3 is 1. The molecule has 3 aromatic heterocycles. The van der Waals surface area contributed by atoms with Gasteiger partial charge in [-0.1, -0.05) is 12.1 Å². The molecule has 3 heterocycles. The van der Waals surface area contributed by atoms with Crippen LogP contribution in [0.4, 0.5) is 10.1 Å². The van der Waals surface area contributed by atoms with E-state index in [0.717, 1.165) is 22.0 Å². The van der Waals surface area contributed by atoms with Crippen molar-refractivity contribution < 1.29 is 18.7 Å². The van der Waals surface area contributed by atoms with Gasteiger partial charge >= 0.3 is 5.97 Å². The first-order chi connectivity index (χ1) is 16.4. The summed E-state index contributed by atoms with van der Waals surface area (Å²) >= 11 is 2.76. The van der Waals surface area contributed by atoms with E-state index in [1.54, 1.807) is 29.7 Å². The smallest absolute Gasteiger partial charge is 0.350 e. The molecule has 174 valence electrons. The number of aromatic nitrogens is 2. The van der Waals surface area contributed by atoms with Crippen LogP contribution in [0.3, 0.4) is 0 Å². The van der Waals surface area contributed by atoms with Gasteiger partial charge in [0.15, 0.2) is 0 Å². The van der Waals surface area contributed by atoms with Crippen LogP contribution >= 0.6 is 22.7 Å². The van der Waals surface area contributed by atoms with Crippen molar-refractivity contribution in [3.05, 3.63) is 81.0 Å². The molecule has 1 amide bonds. The first-order valence-corrected chi connectivity index (χ1v) is 11.9. The third kappa shape index (κ3) is 5.71. The fraction of sp³-hybridized carbons (Fsp3) is 0.167. The van der Waals surface area contributed by atoms with E-state index in [1.165, 1.54) is 31.4 Å². The van der Waals surface area contributed by atoms with Crippen LogP contribution in [0.25, 0.3) is 16.3 Å². The summed E-state index contributed by atoms with van der Waals surface area (Å²) in [5.74, 6) is -1.41. The number of fused-ring (bicyclic) bond motifs is 1. The predicted molar refractivity (Wildman–Crippen MR) is 132 cm³/mol.